The van der Waals surface area contributed by atoms with Crippen molar-refractivity contribution in [2.24, 2.45) is 5.73 Å². The maximum Gasteiger partial charge on any atom is 0.126 e. The fourth-order valence-corrected chi connectivity index (χ4v) is 3.21. The molecule has 0 aromatic heterocycles. The summed E-state index contributed by atoms with van der Waals surface area (Å²) in [7, 11) is 0. The second-order valence-electron chi connectivity index (χ2n) is 5.73. The molecule has 1 aliphatic rings. The van der Waals surface area contributed by atoms with Crippen molar-refractivity contribution in [3.8, 4) is 0 Å². The van der Waals surface area contributed by atoms with Crippen molar-refractivity contribution in [2.75, 3.05) is 0 Å². The van der Waals surface area contributed by atoms with Crippen LogP contribution in [0, 0.1) is 12.7 Å². The predicted molar refractivity (Wildman–Crippen MR) is 80.2 cm³/mol. The van der Waals surface area contributed by atoms with E-state index in [4.69, 9.17) is 5.73 Å². The van der Waals surface area contributed by atoms with E-state index in [1.165, 1.54) is 11.1 Å². The Hall–Kier alpha value is -1.67. The summed E-state index contributed by atoms with van der Waals surface area (Å²) in [6, 6.07) is 13.7. The van der Waals surface area contributed by atoms with Gasteiger partial charge >= 0.3 is 0 Å². The van der Waals surface area contributed by atoms with E-state index in [1.54, 1.807) is 13.0 Å². The first kappa shape index (κ1) is 13.3. The zero-order chi connectivity index (χ0) is 14.1. The van der Waals surface area contributed by atoms with Gasteiger partial charge in [0.25, 0.3) is 0 Å². The lowest BCUT2D eigenvalue weighted by atomic mass is 9.77. The van der Waals surface area contributed by atoms with E-state index in [-0.39, 0.29) is 11.9 Å². The molecule has 0 heterocycles. The van der Waals surface area contributed by atoms with Crippen LogP contribution in [0.5, 0.6) is 0 Å². The monoisotopic (exact) mass is 269 g/mol. The molecule has 2 heteroatoms. The predicted octanol–water partition coefficient (Wildman–Crippen LogP) is 4.25. The molecule has 2 atom stereocenters. The smallest absolute Gasteiger partial charge is 0.126 e. The van der Waals surface area contributed by atoms with Crippen LogP contribution in [-0.4, -0.2) is 0 Å². The Bertz CT molecular complexity index is 621. The number of fused-ring (bicyclic) bond motifs is 1. The van der Waals surface area contributed by atoms with Crippen LogP contribution in [0.2, 0.25) is 0 Å². The van der Waals surface area contributed by atoms with Gasteiger partial charge in [-0.15, -0.1) is 0 Å². The van der Waals surface area contributed by atoms with Gasteiger partial charge in [0, 0.05) is 12.0 Å². The molecule has 0 fully saturated rings. The molecule has 2 unspecified atom stereocenters. The zero-order valence-corrected chi connectivity index (χ0v) is 11.8. The van der Waals surface area contributed by atoms with Crippen molar-refractivity contribution in [1.29, 1.82) is 0 Å². The molecule has 3 rings (SSSR count). The Morgan fingerprint density at radius 2 is 2.00 bits per heavy atom. The van der Waals surface area contributed by atoms with E-state index in [1.807, 2.05) is 12.1 Å². The molecule has 0 aliphatic heterocycles. The summed E-state index contributed by atoms with van der Waals surface area (Å²) >= 11 is 0. The number of aryl methyl sites for hydroxylation is 2. The molecule has 0 saturated carbocycles. The Kier molecular flexibility index (Phi) is 3.58. The van der Waals surface area contributed by atoms with Crippen LogP contribution in [0.4, 0.5) is 4.39 Å². The van der Waals surface area contributed by atoms with Gasteiger partial charge in [-0.25, -0.2) is 4.39 Å². The molecule has 20 heavy (non-hydrogen) atoms. The van der Waals surface area contributed by atoms with Crippen LogP contribution in [-0.2, 0) is 6.42 Å². The van der Waals surface area contributed by atoms with E-state index in [2.05, 4.69) is 24.3 Å². The minimum absolute atomic E-state index is 0.133. The van der Waals surface area contributed by atoms with Gasteiger partial charge in [0.15, 0.2) is 0 Å². The van der Waals surface area contributed by atoms with Gasteiger partial charge in [0.1, 0.15) is 5.82 Å². The first-order chi connectivity index (χ1) is 9.66. The van der Waals surface area contributed by atoms with Crippen LogP contribution >= 0.6 is 0 Å². The number of halogens is 1. The third-order valence-electron chi connectivity index (χ3n) is 4.43. The summed E-state index contributed by atoms with van der Waals surface area (Å²) in [5, 5.41) is 0. The van der Waals surface area contributed by atoms with Crippen molar-refractivity contribution in [3.63, 3.8) is 0 Å². The second kappa shape index (κ2) is 5.37. The van der Waals surface area contributed by atoms with Gasteiger partial charge in [-0.3, -0.25) is 0 Å². The molecule has 2 aromatic rings. The minimum atomic E-state index is -0.165. The minimum Gasteiger partial charge on any atom is -0.323 e. The molecular weight excluding hydrogens is 249 g/mol. The summed E-state index contributed by atoms with van der Waals surface area (Å²) in [6.07, 6.45) is 3.36. The average molecular weight is 269 g/mol. The second-order valence-corrected chi connectivity index (χ2v) is 5.73. The standard InChI is InChI=1S/C18H20FN/c1-12-9-10-14(11-17(12)19)18(20)16-8-4-6-13-5-2-3-7-15(13)16/h2-3,5,7,9-11,16,18H,4,6,8,20H2,1H3. The molecule has 1 aliphatic carbocycles. The van der Waals surface area contributed by atoms with Crippen LogP contribution in [0.1, 0.15) is 47.1 Å². The van der Waals surface area contributed by atoms with E-state index in [0.717, 1.165) is 24.8 Å². The lowest BCUT2D eigenvalue weighted by Crippen LogP contribution is -2.23. The number of hydrogen-bond donors (Lipinski definition) is 1. The molecule has 0 amide bonds. The molecule has 0 bridgehead atoms. The Morgan fingerprint density at radius 1 is 1.20 bits per heavy atom. The Balaban J connectivity index is 1.95. The summed E-state index contributed by atoms with van der Waals surface area (Å²) in [6.45, 7) is 1.78. The third kappa shape index (κ3) is 2.36. The van der Waals surface area contributed by atoms with Gasteiger partial charge in [0.2, 0.25) is 0 Å². The number of hydrogen-bond acceptors (Lipinski definition) is 1. The molecule has 0 radical (unpaired) electrons. The lowest BCUT2D eigenvalue weighted by molar-refractivity contribution is 0.472. The van der Waals surface area contributed by atoms with Gasteiger partial charge in [0.05, 0.1) is 0 Å². The number of nitrogens with two attached hydrogens (primary N) is 1. The topological polar surface area (TPSA) is 26.0 Å². The molecule has 2 aromatic carbocycles. The van der Waals surface area contributed by atoms with Crippen LogP contribution < -0.4 is 5.73 Å². The lowest BCUT2D eigenvalue weighted by Gasteiger charge is -2.30. The first-order valence-corrected chi connectivity index (χ1v) is 7.26. The average Bonchev–Trinajstić information content (AvgIpc) is 2.49. The normalized spacial score (nSPS) is 19.4. The van der Waals surface area contributed by atoms with Gasteiger partial charge < -0.3 is 5.73 Å². The Labute approximate surface area is 119 Å². The van der Waals surface area contributed by atoms with Gasteiger partial charge in [-0.2, -0.15) is 0 Å². The first-order valence-electron chi connectivity index (χ1n) is 7.26. The molecule has 2 N–H and O–H groups in total. The molecule has 0 saturated heterocycles. The van der Waals surface area contributed by atoms with Crippen LogP contribution in [0.15, 0.2) is 42.5 Å². The number of rotatable bonds is 2. The fraction of sp³-hybridized carbons (Fsp3) is 0.333. The maximum atomic E-state index is 13.7. The highest BCUT2D eigenvalue weighted by Gasteiger charge is 2.26. The van der Waals surface area contributed by atoms with E-state index in [0.29, 0.717) is 11.5 Å². The van der Waals surface area contributed by atoms with E-state index >= 15 is 0 Å². The zero-order valence-electron chi connectivity index (χ0n) is 11.8. The highest BCUT2D eigenvalue weighted by atomic mass is 19.1. The third-order valence-corrected chi connectivity index (χ3v) is 4.43. The Morgan fingerprint density at radius 3 is 2.80 bits per heavy atom. The quantitative estimate of drug-likeness (QED) is 0.866. The summed E-state index contributed by atoms with van der Waals surface area (Å²) < 4.78 is 13.7. The van der Waals surface area contributed by atoms with Gasteiger partial charge in [-0.05, 0) is 54.5 Å². The SMILES string of the molecule is Cc1ccc(C(N)C2CCCc3ccccc32)cc1F. The van der Waals surface area contributed by atoms with Crippen molar-refractivity contribution in [1.82, 2.24) is 0 Å². The van der Waals surface area contributed by atoms with Crippen molar-refractivity contribution in [2.45, 2.75) is 38.1 Å². The van der Waals surface area contributed by atoms with Gasteiger partial charge in [-0.1, -0.05) is 36.4 Å². The summed E-state index contributed by atoms with van der Waals surface area (Å²) in [4.78, 5) is 0. The van der Waals surface area contributed by atoms with Crippen LogP contribution in [0.25, 0.3) is 0 Å². The van der Waals surface area contributed by atoms with Crippen molar-refractivity contribution >= 4 is 0 Å². The summed E-state index contributed by atoms with van der Waals surface area (Å²) in [5.41, 5.74) is 10.7. The number of benzene rings is 2. The van der Waals surface area contributed by atoms with Crippen molar-refractivity contribution in [3.05, 3.63) is 70.5 Å². The largest absolute Gasteiger partial charge is 0.323 e. The molecule has 0 spiro atoms. The van der Waals surface area contributed by atoms with E-state index in [9.17, 15) is 4.39 Å². The highest BCUT2D eigenvalue weighted by molar-refractivity contribution is 5.36. The van der Waals surface area contributed by atoms with Crippen LogP contribution in [0.3, 0.4) is 0 Å². The molecule has 1 nitrogen and oxygen atoms in total. The molecule has 104 valence electrons. The summed E-state index contributed by atoms with van der Waals surface area (Å²) in [5.74, 6) is 0.129. The van der Waals surface area contributed by atoms with Crippen molar-refractivity contribution < 1.29 is 4.39 Å². The fourth-order valence-electron chi connectivity index (χ4n) is 3.21. The van der Waals surface area contributed by atoms with E-state index < -0.39 is 0 Å². The maximum absolute atomic E-state index is 13.7. The molecular formula is C18H20FN. The highest BCUT2D eigenvalue weighted by Crippen LogP contribution is 2.39.